The molecule has 2 aromatic rings. The van der Waals surface area contributed by atoms with Crippen molar-refractivity contribution in [3.05, 3.63) is 29.5 Å². The molecular weight excluding hydrogens is 260 g/mol. The number of aryl methyl sites for hydroxylation is 1. The Bertz CT molecular complexity index is 669. The van der Waals surface area contributed by atoms with Crippen LogP contribution in [0, 0.1) is 5.92 Å². The molecule has 2 heterocycles. The summed E-state index contributed by atoms with van der Waals surface area (Å²) >= 11 is 0. The SMILES string of the molecule is CC(C)COc1ccc2c(c1)c1c3n2CC[NH2+][C@H]3CCC1. The monoisotopic (exact) mass is 285 g/mol. The van der Waals surface area contributed by atoms with Crippen LogP contribution in [0.2, 0.25) is 0 Å². The molecule has 4 rings (SSSR count). The predicted molar refractivity (Wildman–Crippen MR) is 84.7 cm³/mol. The number of rotatable bonds is 3. The molecule has 0 spiro atoms. The molecule has 1 atom stereocenters. The van der Waals surface area contributed by atoms with Crippen LogP contribution in [0.3, 0.4) is 0 Å². The summed E-state index contributed by atoms with van der Waals surface area (Å²) in [6, 6.07) is 7.38. The van der Waals surface area contributed by atoms with Gasteiger partial charge in [0.05, 0.1) is 25.4 Å². The minimum atomic E-state index is 0.570. The molecule has 1 aromatic heterocycles. The summed E-state index contributed by atoms with van der Waals surface area (Å²) < 4.78 is 8.51. The quantitative estimate of drug-likeness (QED) is 0.923. The van der Waals surface area contributed by atoms with Crippen LogP contribution in [0.1, 0.15) is 44.0 Å². The van der Waals surface area contributed by atoms with E-state index >= 15 is 0 Å². The van der Waals surface area contributed by atoms with Crippen molar-refractivity contribution in [2.24, 2.45) is 5.92 Å². The first-order valence-corrected chi connectivity index (χ1v) is 8.35. The maximum absolute atomic E-state index is 5.93. The first kappa shape index (κ1) is 13.2. The van der Waals surface area contributed by atoms with Crippen LogP contribution in [0.15, 0.2) is 18.2 Å². The van der Waals surface area contributed by atoms with E-state index in [1.807, 2.05) is 0 Å². The molecule has 0 amide bonds. The van der Waals surface area contributed by atoms with E-state index in [1.54, 1.807) is 11.3 Å². The zero-order chi connectivity index (χ0) is 14.4. The average molecular weight is 285 g/mol. The molecule has 21 heavy (non-hydrogen) atoms. The van der Waals surface area contributed by atoms with Crippen LogP contribution >= 0.6 is 0 Å². The fourth-order valence-electron chi connectivity index (χ4n) is 3.97. The first-order chi connectivity index (χ1) is 10.2. The number of quaternary nitrogens is 1. The largest absolute Gasteiger partial charge is 0.493 e. The molecular formula is C18H25N2O+. The van der Waals surface area contributed by atoms with E-state index in [4.69, 9.17) is 4.74 Å². The van der Waals surface area contributed by atoms with E-state index in [0.29, 0.717) is 12.0 Å². The fraction of sp³-hybridized carbons (Fsp3) is 0.556. The normalized spacial score (nSPS) is 20.8. The van der Waals surface area contributed by atoms with E-state index in [0.717, 1.165) is 18.9 Å². The number of hydrogen-bond acceptors (Lipinski definition) is 1. The number of nitrogens with zero attached hydrogens (tertiary/aromatic N) is 1. The zero-order valence-corrected chi connectivity index (χ0v) is 13.1. The Morgan fingerprint density at radius 1 is 1.38 bits per heavy atom. The smallest absolute Gasteiger partial charge is 0.127 e. The maximum atomic E-state index is 5.93. The van der Waals surface area contributed by atoms with Gasteiger partial charge in [0.15, 0.2) is 0 Å². The molecule has 3 heteroatoms. The molecule has 0 unspecified atom stereocenters. The second-order valence-electron chi connectivity index (χ2n) is 6.92. The maximum Gasteiger partial charge on any atom is 0.127 e. The van der Waals surface area contributed by atoms with Crippen molar-refractivity contribution in [3.63, 3.8) is 0 Å². The summed E-state index contributed by atoms with van der Waals surface area (Å²) in [4.78, 5) is 0. The Morgan fingerprint density at radius 2 is 2.29 bits per heavy atom. The third-order valence-electron chi connectivity index (χ3n) is 4.86. The third kappa shape index (κ3) is 2.15. The lowest BCUT2D eigenvalue weighted by molar-refractivity contribution is -0.704. The minimum absolute atomic E-state index is 0.570. The number of benzene rings is 1. The van der Waals surface area contributed by atoms with Crippen LogP contribution in [-0.2, 0) is 13.0 Å². The molecule has 0 saturated heterocycles. The van der Waals surface area contributed by atoms with Crippen molar-refractivity contribution in [1.82, 2.24) is 4.57 Å². The molecule has 1 aliphatic carbocycles. The molecule has 0 fully saturated rings. The molecule has 3 nitrogen and oxygen atoms in total. The van der Waals surface area contributed by atoms with Gasteiger partial charge < -0.3 is 14.6 Å². The average Bonchev–Trinajstić information content (AvgIpc) is 2.82. The number of hydrogen-bond donors (Lipinski definition) is 1. The summed E-state index contributed by atoms with van der Waals surface area (Å²) in [7, 11) is 0. The molecule has 1 aliphatic heterocycles. The number of ether oxygens (including phenoxy) is 1. The van der Waals surface area contributed by atoms with Gasteiger partial charge in [0.2, 0.25) is 0 Å². The molecule has 1 aromatic carbocycles. The van der Waals surface area contributed by atoms with Crippen LogP contribution in [-0.4, -0.2) is 17.7 Å². The van der Waals surface area contributed by atoms with E-state index in [1.165, 1.54) is 36.7 Å². The standard InChI is InChI=1S/C18H24N2O/c1-12(2)11-21-13-6-7-17-15(10-13)14-4-3-5-16-18(14)20(17)9-8-19-16/h6-7,10,12,16,19H,3-5,8-9,11H2,1-2H3/p+1/t16-/m0/s1. The second kappa shape index (κ2) is 5.06. The lowest BCUT2D eigenvalue weighted by Crippen LogP contribution is -2.88. The number of nitrogens with two attached hydrogens (primary N) is 1. The highest BCUT2D eigenvalue weighted by Gasteiger charge is 2.32. The van der Waals surface area contributed by atoms with Crippen molar-refractivity contribution < 1.29 is 10.1 Å². The van der Waals surface area contributed by atoms with Crippen LogP contribution in [0.25, 0.3) is 10.9 Å². The molecule has 0 bridgehead atoms. The topological polar surface area (TPSA) is 30.8 Å². The highest BCUT2D eigenvalue weighted by Crippen LogP contribution is 2.38. The van der Waals surface area contributed by atoms with Crippen LogP contribution < -0.4 is 10.1 Å². The van der Waals surface area contributed by atoms with E-state index < -0.39 is 0 Å². The lowest BCUT2D eigenvalue weighted by atomic mass is 9.91. The fourth-order valence-corrected chi connectivity index (χ4v) is 3.97. The van der Waals surface area contributed by atoms with Gasteiger partial charge in [-0.1, -0.05) is 13.8 Å². The lowest BCUT2D eigenvalue weighted by Gasteiger charge is -2.27. The van der Waals surface area contributed by atoms with Crippen molar-refractivity contribution in [2.75, 3.05) is 13.2 Å². The van der Waals surface area contributed by atoms with Crippen molar-refractivity contribution in [2.45, 2.75) is 45.7 Å². The van der Waals surface area contributed by atoms with E-state index in [-0.39, 0.29) is 0 Å². The summed E-state index contributed by atoms with van der Waals surface area (Å²) in [6.45, 7) is 7.55. The highest BCUT2D eigenvalue weighted by atomic mass is 16.5. The molecule has 2 N–H and O–H groups in total. The van der Waals surface area contributed by atoms with E-state index in [2.05, 4.69) is 41.9 Å². The molecule has 0 saturated carbocycles. The van der Waals surface area contributed by atoms with Gasteiger partial charge in [0.25, 0.3) is 0 Å². The van der Waals surface area contributed by atoms with Gasteiger partial charge in [-0.25, -0.2) is 0 Å². The number of fused-ring (bicyclic) bond motifs is 3. The minimum Gasteiger partial charge on any atom is -0.493 e. The van der Waals surface area contributed by atoms with Gasteiger partial charge >= 0.3 is 0 Å². The summed E-state index contributed by atoms with van der Waals surface area (Å²) in [6.07, 6.45) is 3.89. The van der Waals surface area contributed by atoms with Gasteiger partial charge in [-0.3, -0.25) is 0 Å². The van der Waals surface area contributed by atoms with Gasteiger partial charge in [-0.05, 0) is 42.5 Å². The highest BCUT2D eigenvalue weighted by molar-refractivity contribution is 5.87. The van der Waals surface area contributed by atoms with E-state index in [9.17, 15) is 0 Å². The van der Waals surface area contributed by atoms with Crippen LogP contribution in [0.4, 0.5) is 0 Å². The van der Waals surface area contributed by atoms with Gasteiger partial charge in [0.1, 0.15) is 11.8 Å². The third-order valence-corrected chi connectivity index (χ3v) is 4.86. The molecule has 0 radical (unpaired) electrons. The van der Waals surface area contributed by atoms with Gasteiger partial charge in [0, 0.05) is 17.3 Å². The Balaban J connectivity index is 1.81. The van der Waals surface area contributed by atoms with Gasteiger partial charge in [-0.2, -0.15) is 0 Å². The molecule has 2 aliphatic rings. The summed E-state index contributed by atoms with van der Waals surface area (Å²) in [5.74, 6) is 1.60. The van der Waals surface area contributed by atoms with Crippen molar-refractivity contribution in [1.29, 1.82) is 0 Å². The summed E-state index contributed by atoms with van der Waals surface area (Å²) in [5, 5.41) is 3.97. The predicted octanol–water partition coefficient (Wildman–Crippen LogP) is 2.63. The second-order valence-corrected chi connectivity index (χ2v) is 6.92. The Morgan fingerprint density at radius 3 is 3.14 bits per heavy atom. The molecule has 112 valence electrons. The Hall–Kier alpha value is -1.48. The summed E-state index contributed by atoms with van der Waals surface area (Å²) in [5.41, 5.74) is 4.60. The first-order valence-electron chi connectivity index (χ1n) is 8.35. The van der Waals surface area contributed by atoms with Crippen molar-refractivity contribution in [3.8, 4) is 5.75 Å². The zero-order valence-electron chi connectivity index (χ0n) is 13.1. The Labute approximate surface area is 126 Å². The van der Waals surface area contributed by atoms with Gasteiger partial charge in [-0.15, -0.1) is 0 Å². The van der Waals surface area contributed by atoms with Crippen molar-refractivity contribution >= 4 is 10.9 Å². The van der Waals surface area contributed by atoms with Crippen LogP contribution in [0.5, 0.6) is 5.75 Å². The number of aromatic nitrogens is 1. The Kier molecular flexibility index (Phi) is 3.18.